The molecule has 0 amide bonds. The molecule has 0 unspecified atom stereocenters. The molecule has 0 aromatic rings. The molecule has 1 saturated heterocycles. The molecule has 0 radical (unpaired) electrons. The topological polar surface area (TPSA) is 15.3 Å². The maximum Gasteiger partial charge on any atom is 0.00962 e. The maximum absolute atomic E-state index is 3.50. The molecule has 0 saturated carbocycles. The third-order valence-electron chi connectivity index (χ3n) is 3.28. The average molecular weight is 212 g/mol. The summed E-state index contributed by atoms with van der Waals surface area (Å²) in [5.74, 6) is 0. The lowest BCUT2D eigenvalue weighted by Crippen LogP contribution is -2.31. The largest absolute Gasteiger partial charge is 0.315 e. The van der Waals surface area contributed by atoms with E-state index in [-0.39, 0.29) is 0 Å². The predicted octanol–water partition coefficient (Wildman–Crippen LogP) is 2.64. The monoisotopic (exact) mass is 212 g/mol. The standard InChI is InChI=1S/C13H28N2/c1-4-10-15-11-6-8-13(15)7-5-9-14-12(2)3/h12-14H,4-11H2,1-3H3/t13-/m0/s1. The second-order valence-electron chi connectivity index (χ2n) is 5.08. The van der Waals surface area contributed by atoms with E-state index in [9.17, 15) is 0 Å². The molecule has 0 aromatic heterocycles. The second-order valence-corrected chi connectivity index (χ2v) is 5.08. The van der Waals surface area contributed by atoms with Crippen LogP contribution in [0.3, 0.4) is 0 Å². The fraction of sp³-hybridized carbons (Fsp3) is 1.00. The van der Waals surface area contributed by atoms with Crippen molar-refractivity contribution < 1.29 is 0 Å². The lowest BCUT2D eigenvalue weighted by atomic mass is 10.1. The Kier molecular flexibility index (Phi) is 6.26. The number of rotatable bonds is 7. The third-order valence-corrected chi connectivity index (χ3v) is 3.28. The Labute approximate surface area is 95.4 Å². The van der Waals surface area contributed by atoms with Crippen LogP contribution in [0.15, 0.2) is 0 Å². The van der Waals surface area contributed by atoms with Gasteiger partial charge in [-0.25, -0.2) is 0 Å². The van der Waals surface area contributed by atoms with Crippen LogP contribution in [0.5, 0.6) is 0 Å². The summed E-state index contributed by atoms with van der Waals surface area (Å²) in [6.45, 7) is 10.6. The van der Waals surface area contributed by atoms with Crippen molar-refractivity contribution in [1.82, 2.24) is 10.2 Å². The van der Waals surface area contributed by atoms with Crippen LogP contribution < -0.4 is 5.32 Å². The van der Waals surface area contributed by atoms with E-state index < -0.39 is 0 Å². The molecule has 1 rings (SSSR count). The minimum absolute atomic E-state index is 0.639. The van der Waals surface area contributed by atoms with Crippen molar-refractivity contribution in [3.8, 4) is 0 Å². The Morgan fingerprint density at radius 2 is 2.20 bits per heavy atom. The number of hydrogen-bond donors (Lipinski definition) is 1. The van der Waals surface area contributed by atoms with Gasteiger partial charge in [0.15, 0.2) is 0 Å². The fourth-order valence-electron chi connectivity index (χ4n) is 2.53. The van der Waals surface area contributed by atoms with Gasteiger partial charge in [-0.05, 0) is 51.7 Å². The molecule has 90 valence electrons. The van der Waals surface area contributed by atoms with Crippen molar-refractivity contribution in [2.75, 3.05) is 19.6 Å². The lowest BCUT2D eigenvalue weighted by Gasteiger charge is -2.23. The van der Waals surface area contributed by atoms with E-state index in [1.807, 2.05) is 0 Å². The molecule has 0 aromatic carbocycles. The molecule has 1 atom stereocenters. The zero-order valence-electron chi connectivity index (χ0n) is 10.8. The van der Waals surface area contributed by atoms with Crippen LogP contribution >= 0.6 is 0 Å². The number of nitrogens with zero attached hydrogens (tertiary/aromatic N) is 1. The van der Waals surface area contributed by atoms with Crippen LogP contribution in [0.25, 0.3) is 0 Å². The molecular weight excluding hydrogens is 184 g/mol. The summed E-state index contributed by atoms with van der Waals surface area (Å²) in [4.78, 5) is 2.69. The summed E-state index contributed by atoms with van der Waals surface area (Å²) < 4.78 is 0. The summed E-state index contributed by atoms with van der Waals surface area (Å²) in [5, 5.41) is 3.50. The van der Waals surface area contributed by atoms with Gasteiger partial charge in [0.05, 0.1) is 0 Å². The molecule has 0 spiro atoms. The first-order valence-electron chi connectivity index (χ1n) is 6.71. The zero-order chi connectivity index (χ0) is 11.1. The molecule has 0 aliphatic carbocycles. The van der Waals surface area contributed by atoms with Crippen LogP contribution in [0.4, 0.5) is 0 Å². The molecule has 1 aliphatic heterocycles. The molecule has 1 fully saturated rings. The Bertz CT molecular complexity index is 157. The highest BCUT2D eigenvalue weighted by Crippen LogP contribution is 2.21. The summed E-state index contributed by atoms with van der Waals surface area (Å²) in [6.07, 6.45) is 6.88. The van der Waals surface area contributed by atoms with Crippen LogP contribution in [-0.2, 0) is 0 Å². The van der Waals surface area contributed by atoms with Crippen molar-refractivity contribution in [3.05, 3.63) is 0 Å². The molecule has 0 bridgehead atoms. The Balaban J connectivity index is 2.09. The van der Waals surface area contributed by atoms with E-state index in [1.54, 1.807) is 0 Å². The summed E-state index contributed by atoms with van der Waals surface area (Å²) in [7, 11) is 0. The first-order chi connectivity index (χ1) is 7.24. The molecule has 1 aliphatic rings. The van der Waals surface area contributed by atoms with Gasteiger partial charge in [0.25, 0.3) is 0 Å². The van der Waals surface area contributed by atoms with Gasteiger partial charge in [-0.1, -0.05) is 20.8 Å². The number of hydrogen-bond acceptors (Lipinski definition) is 2. The first-order valence-corrected chi connectivity index (χ1v) is 6.71. The van der Waals surface area contributed by atoms with Gasteiger partial charge >= 0.3 is 0 Å². The molecule has 2 heteroatoms. The van der Waals surface area contributed by atoms with Gasteiger partial charge in [-0.2, -0.15) is 0 Å². The van der Waals surface area contributed by atoms with Crippen molar-refractivity contribution in [1.29, 1.82) is 0 Å². The summed E-state index contributed by atoms with van der Waals surface area (Å²) in [6, 6.07) is 1.53. The molecule has 2 nitrogen and oxygen atoms in total. The zero-order valence-corrected chi connectivity index (χ0v) is 10.8. The van der Waals surface area contributed by atoms with Crippen molar-refractivity contribution >= 4 is 0 Å². The number of nitrogens with one attached hydrogen (secondary N) is 1. The van der Waals surface area contributed by atoms with Gasteiger partial charge < -0.3 is 10.2 Å². The van der Waals surface area contributed by atoms with Gasteiger partial charge in [0.1, 0.15) is 0 Å². The minimum atomic E-state index is 0.639. The van der Waals surface area contributed by atoms with E-state index >= 15 is 0 Å². The molecule has 15 heavy (non-hydrogen) atoms. The van der Waals surface area contributed by atoms with Crippen molar-refractivity contribution in [2.24, 2.45) is 0 Å². The van der Waals surface area contributed by atoms with Crippen molar-refractivity contribution in [3.63, 3.8) is 0 Å². The Hall–Kier alpha value is -0.0800. The smallest absolute Gasteiger partial charge is 0.00962 e. The summed E-state index contributed by atoms with van der Waals surface area (Å²) in [5.41, 5.74) is 0. The van der Waals surface area contributed by atoms with Crippen LogP contribution in [0.2, 0.25) is 0 Å². The Morgan fingerprint density at radius 1 is 1.40 bits per heavy atom. The van der Waals surface area contributed by atoms with E-state index in [4.69, 9.17) is 0 Å². The lowest BCUT2D eigenvalue weighted by molar-refractivity contribution is 0.239. The van der Waals surface area contributed by atoms with Gasteiger partial charge in [0, 0.05) is 12.1 Å². The quantitative estimate of drug-likeness (QED) is 0.653. The molecular formula is C13H28N2. The third kappa shape index (κ3) is 4.98. The number of likely N-dealkylation sites (tertiary alicyclic amines) is 1. The molecule has 1 N–H and O–H groups in total. The minimum Gasteiger partial charge on any atom is -0.315 e. The second kappa shape index (κ2) is 7.24. The van der Waals surface area contributed by atoms with Crippen LogP contribution in [0, 0.1) is 0 Å². The summed E-state index contributed by atoms with van der Waals surface area (Å²) >= 11 is 0. The highest BCUT2D eigenvalue weighted by Gasteiger charge is 2.22. The first kappa shape index (κ1) is 13.0. The highest BCUT2D eigenvalue weighted by atomic mass is 15.2. The van der Waals surface area contributed by atoms with E-state index in [0.717, 1.165) is 6.04 Å². The Morgan fingerprint density at radius 3 is 2.87 bits per heavy atom. The highest BCUT2D eigenvalue weighted by molar-refractivity contribution is 4.78. The predicted molar refractivity (Wildman–Crippen MR) is 67.3 cm³/mol. The molecule has 1 heterocycles. The van der Waals surface area contributed by atoms with Gasteiger partial charge in [0.2, 0.25) is 0 Å². The fourth-order valence-corrected chi connectivity index (χ4v) is 2.53. The van der Waals surface area contributed by atoms with E-state index in [2.05, 4.69) is 31.0 Å². The van der Waals surface area contributed by atoms with Crippen LogP contribution in [-0.4, -0.2) is 36.6 Å². The average Bonchev–Trinajstić information content (AvgIpc) is 2.61. The van der Waals surface area contributed by atoms with E-state index in [0.29, 0.717) is 6.04 Å². The SMILES string of the molecule is CCCN1CCC[C@@H]1CCCNC(C)C. The van der Waals surface area contributed by atoms with Gasteiger partial charge in [-0.15, -0.1) is 0 Å². The normalized spacial score (nSPS) is 22.8. The van der Waals surface area contributed by atoms with E-state index in [1.165, 1.54) is 51.7 Å². The maximum atomic E-state index is 3.50. The van der Waals surface area contributed by atoms with Crippen molar-refractivity contribution in [2.45, 2.75) is 65.0 Å². The van der Waals surface area contributed by atoms with Gasteiger partial charge in [-0.3, -0.25) is 0 Å². The van der Waals surface area contributed by atoms with Crippen LogP contribution in [0.1, 0.15) is 52.9 Å².